The third-order valence-electron chi connectivity index (χ3n) is 2.59. The van der Waals surface area contributed by atoms with Gasteiger partial charge >= 0.3 is 12.8 Å². The second-order valence-corrected chi connectivity index (χ2v) is 3.80. The SMILES string of the molecule is FC(F)(F)B(c1ccccc1)c1ccccc1. The van der Waals surface area contributed by atoms with Crippen molar-refractivity contribution < 1.29 is 13.2 Å². The number of hydrogen-bond acceptors (Lipinski definition) is 0. The summed E-state index contributed by atoms with van der Waals surface area (Å²) in [6.45, 7) is -1.55. The smallest absolute Gasteiger partial charge is 0.181 e. The standard InChI is InChI=1S/C13H10BF3/c15-13(16,17)14(11-7-3-1-4-8-11)12-9-5-2-6-10-12/h1-10H. The Hall–Kier alpha value is -1.71. The third kappa shape index (κ3) is 2.70. The van der Waals surface area contributed by atoms with Crippen LogP contribution in [0.3, 0.4) is 0 Å². The van der Waals surface area contributed by atoms with Crippen LogP contribution in [-0.4, -0.2) is 12.8 Å². The Kier molecular flexibility index (Phi) is 3.22. The van der Waals surface area contributed by atoms with Crippen LogP contribution in [-0.2, 0) is 0 Å². The molecule has 2 aromatic rings. The highest BCUT2D eigenvalue weighted by atomic mass is 19.4. The highest BCUT2D eigenvalue weighted by Crippen LogP contribution is 2.19. The van der Waals surface area contributed by atoms with Gasteiger partial charge in [-0.15, -0.1) is 0 Å². The molecule has 0 unspecified atom stereocenters. The number of hydrogen-bond donors (Lipinski definition) is 0. The number of rotatable bonds is 2. The molecule has 0 fully saturated rings. The first-order valence-electron chi connectivity index (χ1n) is 5.25. The van der Waals surface area contributed by atoms with E-state index in [0.717, 1.165) is 0 Å². The first kappa shape index (κ1) is 11.8. The minimum absolute atomic E-state index is 0.270. The number of halogens is 3. The van der Waals surface area contributed by atoms with Gasteiger partial charge in [-0.05, 0) is 0 Å². The lowest BCUT2D eigenvalue weighted by molar-refractivity contribution is -0.0483. The van der Waals surface area contributed by atoms with Crippen molar-refractivity contribution in [3.05, 3.63) is 60.7 Å². The van der Waals surface area contributed by atoms with E-state index < -0.39 is 12.8 Å². The maximum atomic E-state index is 13.1. The molecule has 0 saturated heterocycles. The largest absolute Gasteiger partial charge is 0.356 e. The van der Waals surface area contributed by atoms with E-state index in [1.165, 1.54) is 24.3 Å². The van der Waals surface area contributed by atoms with Gasteiger partial charge in [0.25, 0.3) is 0 Å². The lowest BCUT2D eigenvalue weighted by Crippen LogP contribution is -2.53. The van der Waals surface area contributed by atoms with Crippen molar-refractivity contribution in [2.45, 2.75) is 6.08 Å². The van der Waals surface area contributed by atoms with E-state index in [1.807, 2.05) is 0 Å². The Labute approximate surface area is 98.2 Å². The van der Waals surface area contributed by atoms with Crippen LogP contribution in [0.15, 0.2) is 60.7 Å². The molecular formula is C13H10BF3. The predicted molar refractivity (Wildman–Crippen MR) is 64.0 cm³/mol. The van der Waals surface area contributed by atoms with Gasteiger partial charge in [-0.2, -0.15) is 13.2 Å². The van der Waals surface area contributed by atoms with Crippen LogP contribution in [0.2, 0.25) is 0 Å². The molecule has 17 heavy (non-hydrogen) atoms. The summed E-state index contributed by atoms with van der Waals surface area (Å²) in [7, 11) is 0. The molecule has 0 nitrogen and oxygen atoms in total. The molecule has 0 radical (unpaired) electrons. The van der Waals surface area contributed by atoms with Crippen molar-refractivity contribution in [1.29, 1.82) is 0 Å². The van der Waals surface area contributed by atoms with E-state index in [1.54, 1.807) is 36.4 Å². The number of benzene rings is 2. The zero-order valence-corrected chi connectivity index (χ0v) is 8.98. The first-order valence-corrected chi connectivity index (χ1v) is 5.25. The molecule has 0 spiro atoms. The highest BCUT2D eigenvalue weighted by Gasteiger charge is 2.45. The van der Waals surface area contributed by atoms with Crippen LogP contribution < -0.4 is 10.9 Å². The molecule has 86 valence electrons. The van der Waals surface area contributed by atoms with Gasteiger partial charge in [0.05, 0.1) is 0 Å². The lowest BCUT2D eigenvalue weighted by atomic mass is 9.40. The quantitative estimate of drug-likeness (QED) is 0.700. The second-order valence-electron chi connectivity index (χ2n) is 3.80. The van der Waals surface area contributed by atoms with Crippen LogP contribution in [0.25, 0.3) is 0 Å². The summed E-state index contributed by atoms with van der Waals surface area (Å²) in [6, 6.07) is 15.9. The molecule has 0 N–H and O–H groups in total. The van der Waals surface area contributed by atoms with Gasteiger partial charge < -0.3 is 0 Å². The van der Waals surface area contributed by atoms with Gasteiger partial charge in [0.2, 0.25) is 0 Å². The molecule has 2 rings (SSSR count). The Morgan fingerprint density at radius 1 is 0.647 bits per heavy atom. The van der Waals surface area contributed by atoms with Crippen LogP contribution in [0, 0.1) is 0 Å². The Morgan fingerprint density at radius 3 is 1.29 bits per heavy atom. The summed E-state index contributed by atoms with van der Waals surface area (Å²) in [5.74, 6) is 0. The van der Waals surface area contributed by atoms with Crippen LogP contribution in [0.1, 0.15) is 0 Å². The minimum Gasteiger partial charge on any atom is -0.181 e. The molecule has 0 atom stereocenters. The van der Waals surface area contributed by atoms with Gasteiger partial charge in [0.1, 0.15) is 0 Å². The zero-order chi connectivity index (χ0) is 12.3. The summed E-state index contributed by atoms with van der Waals surface area (Å²) >= 11 is 0. The van der Waals surface area contributed by atoms with Crippen molar-refractivity contribution >= 4 is 17.6 Å². The van der Waals surface area contributed by atoms with Crippen molar-refractivity contribution in [2.24, 2.45) is 0 Å². The Balaban J connectivity index is 2.48. The van der Waals surface area contributed by atoms with Crippen molar-refractivity contribution in [3.8, 4) is 0 Å². The minimum atomic E-state index is -4.28. The van der Waals surface area contributed by atoms with E-state index >= 15 is 0 Å². The van der Waals surface area contributed by atoms with Gasteiger partial charge in [-0.1, -0.05) is 71.6 Å². The molecular weight excluding hydrogens is 224 g/mol. The lowest BCUT2D eigenvalue weighted by Gasteiger charge is -2.17. The van der Waals surface area contributed by atoms with Crippen molar-refractivity contribution in [3.63, 3.8) is 0 Å². The first-order chi connectivity index (χ1) is 8.09. The molecule has 0 aromatic heterocycles. The van der Waals surface area contributed by atoms with E-state index in [9.17, 15) is 13.2 Å². The second kappa shape index (κ2) is 4.66. The van der Waals surface area contributed by atoms with Gasteiger partial charge in [-0.3, -0.25) is 0 Å². The molecule has 0 aliphatic heterocycles. The fourth-order valence-corrected chi connectivity index (χ4v) is 1.86. The van der Waals surface area contributed by atoms with Crippen molar-refractivity contribution in [2.75, 3.05) is 0 Å². The summed E-state index contributed by atoms with van der Waals surface area (Å²) < 4.78 is 39.3. The topological polar surface area (TPSA) is 0 Å². The monoisotopic (exact) mass is 234 g/mol. The fraction of sp³-hybridized carbons (Fsp3) is 0.0769. The maximum Gasteiger partial charge on any atom is 0.356 e. The molecule has 0 amide bonds. The molecule has 0 saturated carbocycles. The third-order valence-corrected chi connectivity index (χ3v) is 2.59. The fourth-order valence-electron chi connectivity index (χ4n) is 1.86. The van der Waals surface area contributed by atoms with Crippen LogP contribution in [0.4, 0.5) is 13.2 Å². The Bertz CT molecular complexity index is 426. The molecule has 4 heteroatoms. The van der Waals surface area contributed by atoms with E-state index in [2.05, 4.69) is 0 Å². The van der Waals surface area contributed by atoms with Crippen LogP contribution in [0.5, 0.6) is 0 Å². The van der Waals surface area contributed by atoms with Gasteiger partial charge in [0, 0.05) is 0 Å². The molecule has 0 aliphatic carbocycles. The van der Waals surface area contributed by atoms with E-state index in [-0.39, 0.29) is 10.9 Å². The van der Waals surface area contributed by atoms with E-state index in [0.29, 0.717) is 0 Å². The summed E-state index contributed by atoms with van der Waals surface area (Å²) in [5.41, 5.74) is 0.539. The van der Waals surface area contributed by atoms with Crippen molar-refractivity contribution in [1.82, 2.24) is 0 Å². The predicted octanol–water partition coefficient (Wildman–Crippen LogP) is 2.40. The van der Waals surface area contributed by atoms with Gasteiger partial charge in [0.15, 0.2) is 0 Å². The van der Waals surface area contributed by atoms with Gasteiger partial charge in [-0.25, -0.2) is 0 Å². The molecule has 0 heterocycles. The maximum absolute atomic E-state index is 13.1. The summed E-state index contributed by atoms with van der Waals surface area (Å²) in [6.07, 6.45) is -4.28. The summed E-state index contributed by atoms with van der Waals surface area (Å²) in [4.78, 5) is 0. The Morgan fingerprint density at radius 2 is 1.00 bits per heavy atom. The zero-order valence-electron chi connectivity index (χ0n) is 8.98. The average molecular weight is 234 g/mol. The average Bonchev–Trinajstić information content (AvgIpc) is 2.30. The van der Waals surface area contributed by atoms with Crippen LogP contribution >= 0.6 is 0 Å². The van der Waals surface area contributed by atoms with E-state index in [4.69, 9.17) is 0 Å². The number of alkyl halides is 3. The highest BCUT2D eigenvalue weighted by molar-refractivity contribution is 6.86. The summed E-state index contributed by atoms with van der Waals surface area (Å²) in [5, 5.41) is 0. The molecule has 0 aliphatic rings. The normalized spacial score (nSPS) is 11.2. The molecule has 0 bridgehead atoms. The molecule has 2 aromatic carbocycles.